The maximum atomic E-state index is 13.0. The highest BCUT2D eigenvalue weighted by Gasteiger charge is 2.24. The third-order valence-corrected chi connectivity index (χ3v) is 5.69. The van der Waals surface area contributed by atoms with Gasteiger partial charge in [0.2, 0.25) is 0 Å². The zero-order valence-electron chi connectivity index (χ0n) is 17.8. The normalized spacial score (nSPS) is 14.2. The average molecular weight is 484 g/mol. The molecule has 1 aliphatic rings. The molecule has 0 radical (unpaired) electrons. The van der Waals surface area contributed by atoms with Crippen molar-refractivity contribution in [2.24, 2.45) is 0 Å². The Morgan fingerprint density at radius 1 is 1.06 bits per heavy atom. The van der Waals surface area contributed by atoms with E-state index in [0.717, 1.165) is 23.2 Å². The number of hydrogen-bond acceptors (Lipinski definition) is 5. The van der Waals surface area contributed by atoms with Crippen LogP contribution in [0.5, 0.6) is 11.5 Å². The Hall–Kier alpha value is -2.98. The maximum Gasteiger partial charge on any atom is 0.264 e. The van der Waals surface area contributed by atoms with E-state index in [-0.39, 0.29) is 11.5 Å². The molecule has 1 amide bonds. The molecule has 1 aliphatic heterocycles. The fourth-order valence-corrected chi connectivity index (χ4v) is 3.91. The Kier molecular flexibility index (Phi) is 7.96. The Labute approximate surface area is 191 Å². The molecule has 162 valence electrons. The van der Waals surface area contributed by atoms with E-state index < -0.39 is 0 Å². The van der Waals surface area contributed by atoms with Crippen molar-refractivity contribution in [2.45, 2.75) is 13.8 Å². The summed E-state index contributed by atoms with van der Waals surface area (Å²) < 4.78 is 12.0. The summed E-state index contributed by atoms with van der Waals surface area (Å²) in [4.78, 5) is 17.0. The molecular weight excluding hydrogens is 458 g/mol. The Balaban J connectivity index is 1.76. The van der Waals surface area contributed by atoms with Gasteiger partial charge in [0.05, 0.1) is 13.2 Å². The highest BCUT2D eigenvalue weighted by Crippen LogP contribution is 2.35. The lowest BCUT2D eigenvalue weighted by molar-refractivity contribution is -0.126. The van der Waals surface area contributed by atoms with Crippen LogP contribution >= 0.6 is 15.9 Å². The van der Waals surface area contributed by atoms with Crippen molar-refractivity contribution < 1.29 is 14.3 Å². The second kappa shape index (κ2) is 10.9. The van der Waals surface area contributed by atoms with Gasteiger partial charge in [-0.05, 0) is 49.8 Å². The summed E-state index contributed by atoms with van der Waals surface area (Å²) in [5.41, 5.74) is 1.94. The lowest BCUT2D eigenvalue weighted by atomic mass is 10.1. The molecule has 0 bridgehead atoms. The predicted octanol–water partition coefficient (Wildman–Crippen LogP) is 4.50. The molecule has 7 heteroatoms. The highest BCUT2D eigenvalue weighted by molar-refractivity contribution is 9.10. The molecule has 1 saturated heterocycles. The van der Waals surface area contributed by atoms with Crippen molar-refractivity contribution in [1.82, 2.24) is 4.90 Å². The largest absolute Gasteiger partial charge is 0.490 e. The van der Waals surface area contributed by atoms with Gasteiger partial charge in [0, 0.05) is 36.3 Å². The molecule has 0 unspecified atom stereocenters. The molecule has 0 spiro atoms. The molecule has 2 aromatic rings. The zero-order chi connectivity index (χ0) is 22.2. The molecule has 0 saturated carbocycles. The first-order valence-corrected chi connectivity index (χ1v) is 11.2. The number of ether oxygens (including phenoxy) is 2. The maximum absolute atomic E-state index is 13.0. The Morgan fingerprint density at radius 2 is 1.68 bits per heavy atom. The molecule has 31 heavy (non-hydrogen) atoms. The lowest BCUT2D eigenvalue weighted by Gasteiger charge is -2.36. The quantitative estimate of drug-likeness (QED) is 0.428. The average Bonchev–Trinajstić information content (AvgIpc) is 2.80. The molecular formula is C24H26BrN3O3. The minimum Gasteiger partial charge on any atom is -0.490 e. The summed E-state index contributed by atoms with van der Waals surface area (Å²) in [7, 11) is 0. The number of piperazine rings is 1. The van der Waals surface area contributed by atoms with Gasteiger partial charge in [-0.3, -0.25) is 4.79 Å². The van der Waals surface area contributed by atoms with E-state index in [1.807, 2.05) is 32.0 Å². The second-order valence-corrected chi connectivity index (χ2v) is 7.83. The molecule has 0 aliphatic carbocycles. The summed E-state index contributed by atoms with van der Waals surface area (Å²) in [5.74, 6) is 0.948. The molecule has 1 fully saturated rings. The lowest BCUT2D eigenvalue weighted by Crippen LogP contribution is -2.49. The summed E-state index contributed by atoms with van der Waals surface area (Å²) >= 11 is 3.52. The van der Waals surface area contributed by atoms with Gasteiger partial charge in [-0.2, -0.15) is 5.26 Å². The van der Waals surface area contributed by atoms with Crippen LogP contribution in [-0.4, -0.2) is 50.2 Å². The van der Waals surface area contributed by atoms with Gasteiger partial charge in [0.25, 0.3) is 5.91 Å². The number of rotatable bonds is 7. The SMILES string of the molecule is CCOc1cc(Br)c(/C=C(/C#N)C(=O)N2CCN(c3ccccc3)CC2)cc1OCC. The number of anilines is 1. The second-order valence-electron chi connectivity index (χ2n) is 6.97. The number of nitrogens with zero attached hydrogens (tertiary/aromatic N) is 3. The number of amides is 1. The van der Waals surface area contributed by atoms with E-state index in [1.165, 1.54) is 0 Å². The van der Waals surface area contributed by atoms with E-state index in [1.54, 1.807) is 23.1 Å². The highest BCUT2D eigenvalue weighted by atomic mass is 79.9. The van der Waals surface area contributed by atoms with Gasteiger partial charge in [-0.25, -0.2) is 0 Å². The zero-order valence-corrected chi connectivity index (χ0v) is 19.4. The Bertz CT molecular complexity index is 978. The number of nitriles is 1. The molecule has 6 nitrogen and oxygen atoms in total. The van der Waals surface area contributed by atoms with Crippen LogP contribution in [0.2, 0.25) is 0 Å². The van der Waals surface area contributed by atoms with Crippen LogP contribution < -0.4 is 14.4 Å². The monoisotopic (exact) mass is 483 g/mol. The predicted molar refractivity (Wildman–Crippen MR) is 125 cm³/mol. The first kappa shape index (κ1) is 22.7. The minimum absolute atomic E-state index is 0.0977. The van der Waals surface area contributed by atoms with Crippen LogP contribution in [0.15, 0.2) is 52.5 Å². The van der Waals surface area contributed by atoms with Crippen molar-refractivity contribution >= 4 is 33.6 Å². The van der Waals surface area contributed by atoms with Crippen LogP contribution in [0, 0.1) is 11.3 Å². The van der Waals surface area contributed by atoms with Crippen molar-refractivity contribution in [3.63, 3.8) is 0 Å². The number of benzene rings is 2. The number of para-hydroxylation sites is 1. The van der Waals surface area contributed by atoms with E-state index >= 15 is 0 Å². The smallest absolute Gasteiger partial charge is 0.264 e. The topological polar surface area (TPSA) is 65.8 Å². The molecule has 3 rings (SSSR count). The summed E-state index contributed by atoms with van der Waals surface area (Å²) in [6.07, 6.45) is 1.61. The Morgan fingerprint density at radius 3 is 2.26 bits per heavy atom. The summed E-state index contributed by atoms with van der Waals surface area (Å²) in [5, 5.41) is 9.67. The summed E-state index contributed by atoms with van der Waals surface area (Å²) in [6.45, 7) is 7.40. The minimum atomic E-state index is -0.256. The first-order chi connectivity index (χ1) is 15.1. The van der Waals surface area contributed by atoms with Gasteiger partial charge >= 0.3 is 0 Å². The third kappa shape index (κ3) is 5.59. The molecule has 0 atom stereocenters. The van der Waals surface area contributed by atoms with Gasteiger partial charge in [-0.1, -0.05) is 34.1 Å². The van der Waals surface area contributed by atoms with Gasteiger partial charge in [0.15, 0.2) is 11.5 Å². The molecule has 2 aromatic carbocycles. The number of halogens is 1. The van der Waals surface area contributed by atoms with Gasteiger partial charge in [-0.15, -0.1) is 0 Å². The van der Waals surface area contributed by atoms with Gasteiger partial charge in [0.1, 0.15) is 11.6 Å². The van der Waals surface area contributed by atoms with Crippen LogP contribution in [-0.2, 0) is 4.79 Å². The van der Waals surface area contributed by atoms with E-state index in [0.29, 0.717) is 43.4 Å². The first-order valence-electron chi connectivity index (χ1n) is 10.4. The van der Waals surface area contributed by atoms with Crippen LogP contribution in [0.1, 0.15) is 19.4 Å². The number of carbonyl (C=O) groups excluding carboxylic acids is 1. The summed E-state index contributed by atoms with van der Waals surface area (Å²) in [6, 6.07) is 15.8. The van der Waals surface area contributed by atoms with Crippen molar-refractivity contribution in [2.75, 3.05) is 44.3 Å². The van der Waals surface area contributed by atoms with Crippen LogP contribution in [0.3, 0.4) is 0 Å². The standard InChI is InChI=1S/C24H26BrN3O3/c1-3-30-22-15-18(21(25)16-23(22)31-4-2)14-19(17-26)24(29)28-12-10-27(11-13-28)20-8-6-5-7-9-20/h5-9,14-16H,3-4,10-13H2,1-2H3/b19-14-. The molecule has 0 aromatic heterocycles. The van der Waals surface area contributed by atoms with Crippen molar-refractivity contribution in [1.29, 1.82) is 5.26 Å². The number of hydrogen-bond donors (Lipinski definition) is 0. The van der Waals surface area contributed by atoms with Crippen molar-refractivity contribution in [3.05, 3.63) is 58.1 Å². The van der Waals surface area contributed by atoms with Crippen molar-refractivity contribution in [3.8, 4) is 17.6 Å². The third-order valence-electron chi connectivity index (χ3n) is 5.00. The molecule has 0 N–H and O–H groups in total. The fourth-order valence-electron chi connectivity index (χ4n) is 3.47. The fraction of sp³-hybridized carbons (Fsp3) is 0.333. The van der Waals surface area contributed by atoms with Gasteiger partial charge < -0.3 is 19.3 Å². The number of carbonyl (C=O) groups is 1. The van der Waals surface area contributed by atoms with Crippen LogP contribution in [0.4, 0.5) is 5.69 Å². The van der Waals surface area contributed by atoms with E-state index in [4.69, 9.17) is 9.47 Å². The van der Waals surface area contributed by atoms with E-state index in [9.17, 15) is 10.1 Å². The molecule has 1 heterocycles. The van der Waals surface area contributed by atoms with E-state index in [2.05, 4.69) is 39.0 Å². The van der Waals surface area contributed by atoms with Crippen LogP contribution in [0.25, 0.3) is 6.08 Å².